The first-order chi connectivity index (χ1) is 28.6. The minimum atomic E-state index is -6.27. The third-order valence-electron chi connectivity index (χ3n) is 8.74. The zero-order valence-corrected chi connectivity index (χ0v) is 35.9. The molecule has 0 spiro atoms. The molecule has 0 saturated heterocycles. The maximum absolute atomic E-state index is 14.3. The van der Waals surface area contributed by atoms with E-state index < -0.39 is 62.3 Å². The summed E-state index contributed by atoms with van der Waals surface area (Å²) in [6, 6.07) is 34.9. The molecule has 0 aromatic heterocycles. The topological polar surface area (TPSA) is 124 Å². The van der Waals surface area contributed by atoms with Crippen molar-refractivity contribution >= 4 is 53.9 Å². The predicted octanol–water partition coefficient (Wildman–Crippen LogP) is 11.1. The highest BCUT2D eigenvalue weighted by Gasteiger charge is 2.52. The van der Waals surface area contributed by atoms with Crippen molar-refractivity contribution in [2.75, 3.05) is 13.2 Å². The summed E-state index contributed by atoms with van der Waals surface area (Å²) in [5.41, 5.74) is -6.43. The van der Waals surface area contributed by atoms with Crippen LogP contribution in [0.5, 0.6) is 17.2 Å². The van der Waals surface area contributed by atoms with Gasteiger partial charge in [0, 0.05) is 14.7 Å². The number of fused-ring (bicyclic) bond motifs is 3. The van der Waals surface area contributed by atoms with Crippen LogP contribution in [0, 0.1) is 0 Å². The van der Waals surface area contributed by atoms with Gasteiger partial charge in [0.15, 0.2) is 13.2 Å². The van der Waals surface area contributed by atoms with Gasteiger partial charge in [-0.25, -0.2) is 9.59 Å². The first-order valence-corrected chi connectivity index (χ1v) is 22.0. The highest BCUT2D eigenvalue weighted by Crippen LogP contribution is 2.71. The molecule has 0 radical (unpaired) electrons. The molecule has 0 unspecified atom stereocenters. The van der Waals surface area contributed by atoms with Crippen LogP contribution < -0.4 is 14.2 Å². The number of hydrogen-bond donors (Lipinski definition) is 0. The first kappa shape index (κ1) is 44.8. The Morgan fingerprint density at radius 2 is 0.918 bits per heavy atom. The second kappa shape index (κ2) is 17.7. The summed E-state index contributed by atoms with van der Waals surface area (Å²) in [6.45, 7) is 9.40. The Bertz CT molecular complexity index is 2540. The van der Waals surface area contributed by atoms with Gasteiger partial charge in [-0.3, -0.25) is 0 Å². The Morgan fingerprint density at radius 1 is 0.525 bits per heavy atom. The van der Waals surface area contributed by atoms with Crippen molar-refractivity contribution in [1.82, 2.24) is 0 Å². The Morgan fingerprint density at radius 3 is 1.34 bits per heavy atom. The SMILES string of the molecule is CC(C)(C)OC(=O)COc1ccc(S(OS(=O)(=O)C(F)(F)F)(c2ccc(OCC(=O)OC(C)(C)C)cc2)c2ccc(OCc3cc4ccccc4c4ccccc34)cc2)cc1. The molecule has 6 aromatic carbocycles. The van der Waals surface area contributed by atoms with Gasteiger partial charge in [0.2, 0.25) is 0 Å². The number of ether oxygens (including phenoxy) is 5. The van der Waals surface area contributed by atoms with Crippen LogP contribution in [-0.2, 0) is 39.4 Å². The molecule has 6 rings (SSSR count). The van der Waals surface area contributed by atoms with E-state index in [1.165, 1.54) is 72.8 Å². The summed E-state index contributed by atoms with van der Waals surface area (Å²) in [5, 5.41) is 4.15. The van der Waals surface area contributed by atoms with Gasteiger partial charge in [-0.2, -0.15) is 25.2 Å². The first-order valence-electron chi connectivity index (χ1n) is 19.0. The molecule has 0 aliphatic heterocycles. The Kier molecular flexibility index (Phi) is 13.0. The van der Waals surface area contributed by atoms with Crippen LogP contribution in [0.25, 0.3) is 21.5 Å². The summed E-state index contributed by atoms with van der Waals surface area (Å²) < 4.78 is 103. The van der Waals surface area contributed by atoms with E-state index in [9.17, 15) is 31.2 Å². The maximum atomic E-state index is 14.3. The molecule has 0 amide bonds. The second-order valence-electron chi connectivity index (χ2n) is 15.8. The highest BCUT2D eigenvalue weighted by atomic mass is 32.3. The molecule has 6 aromatic rings. The van der Waals surface area contributed by atoms with Gasteiger partial charge < -0.3 is 23.7 Å². The average molecular weight is 879 g/mol. The van der Waals surface area contributed by atoms with Gasteiger partial charge >= 0.3 is 27.6 Å². The van der Waals surface area contributed by atoms with Crippen molar-refractivity contribution in [3.8, 4) is 17.2 Å². The number of hydrogen-bond acceptors (Lipinski definition) is 10. The van der Waals surface area contributed by atoms with Gasteiger partial charge in [-0.1, -0.05) is 48.5 Å². The Labute approximate surface area is 354 Å². The van der Waals surface area contributed by atoms with E-state index in [-0.39, 0.29) is 32.8 Å². The van der Waals surface area contributed by atoms with E-state index in [2.05, 4.69) is 0 Å². The molecule has 0 heterocycles. The van der Waals surface area contributed by atoms with Gasteiger partial charge in [-0.05, 0) is 158 Å². The molecule has 0 fully saturated rings. The summed E-state index contributed by atoms with van der Waals surface area (Å²) in [4.78, 5) is 24.8. The summed E-state index contributed by atoms with van der Waals surface area (Å²) >= 11 is 0. The van der Waals surface area contributed by atoms with Crippen molar-refractivity contribution < 1.29 is 58.5 Å². The summed E-state index contributed by atoms with van der Waals surface area (Å²) in [6.07, 6.45) is 0. The summed E-state index contributed by atoms with van der Waals surface area (Å²) in [7, 11) is -10.1. The summed E-state index contributed by atoms with van der Waals surface area (Å²) in [5.74, 6) is -0.651. The number of rotatable bonds is 14. The fourth-order valence-electron chi connectivity index (χ4n) is 6.32. The third kappa shape index (κ3) is 11.0. The van der Waals surface area contributed by atoms with Crippen molar-refractivity contribution in [3.63, 3.8) is 0 Å². The van der Waals surface area contributed by atoms with E-state index in [1.807, 2.05) is 54.6 Å². The second-order valence-corrected chi connectivity index (χ2v) is 20.2. The van der Waals surface area contributed by atoms with Crippen molar-refractivity contribution in [2.45, 2.75) is 79.5 Å². The smallest absolute Gasteiger partial charge is 0.489 e. The largest absolute Gasteiger partial charge is 0.524 e. The lowest BCUT2D eigenvalue weighted by molar-refractivity contribution is -0.158. The van der Waals surface area contributed by atoms with Gasteiger partial charge in [0.1, 0.15) is 35.1 Å². The molecule has 15 heteroatoms. The number of carbonyl (C=O) groups excluding carboxylic acids is 2. The quantitative estimate of drug-likeness (QED) is 0.0593. The predicted molar refractivity (Wildman–Crippen MR) is 226 cm³/mol. The van der Waals surface area contributed by atoms with E-state index in [1.54, 1.807) is 41.5 Å². The van der Waals surface area contributed by atoms with E-state index in [4.69, 9.17) is 27.3 Å². The van der Waals surface area contributed by atoms with Crippen LogP contribution in [0.2, 0.25) is 0 Å². The number of esters is 2. The number of carbonyl (C=O) groups is 2. The Hall–Kier alpha value is -5.77. The fourth-order valence-corrected chi connectivity index (χ4v) is 11.0. The van der Waals surface area contributed by atoms with Crippen LogP contribution >= 0.6 is 10.3 Å². The number of alkyl halides is 3. The van der Waals surface area contributed by atoms with Crippen molar-refractivity contribution in [2.24, 2.45) is 0 Å². The molecule has 10 nitrogen and oxygen atoms in total. The molecule has 0 aliphatic rings. The van der Waals surface area contributed by atoms with Crippen LogP contribution in [0.15, 0.2) is 142 Å². The molecule has 0 saturated carbocycles. The normalized spacial score (nSPS) is 12.8. The van der Waals surface area contributed by atoms with Crippen molar-refractivity contribution in [3.05, 3.63) is 133 Å². The van der Waals surface area contributed by atoms with Crippen LogP contribution in [-0.4, -0.2) is 50.3 Å². The van der Waals surface area contributed by atoms with Crippen LogP contribution in [0.4, 0.5) is 13.2 Å². The highest BCUT2D eigenvalue weighted by molar-refractivity contribution is 8.33. The minimum Gasteiger partial charge on any atom is -0.489 e. The van der Waals surface area contributed by atoms with Crippen LogP contribution in [0.1, 0.15) is 47.1 Å². The molecule has 0 aliphatic carbocycles. The molecule has 61 heavy (non-hydrogen) atoms. The van der Waals surface area contributed by atoms with E-state index in [0.717, 1.165) is 27.1 Å². The van der Waals surface area contributed by atoms with E-state index in [0.29, 0.717) is 5.75 Å². The lowest BCUT2D eigenvalue weighted by Gasteiger charge is -2.39. The molecule has 0 N–H and O–H groups in total. The zero-order chi connectivity index (χ0) is 44.2. The molecular weight excluding hydrogens is 834 g/mol. The molecular formula is C46H45F3O10S2. The minimum absolute atomic E-state index is 0.0312. The van der Waals surface area contributed by atoms with Gasteiger partial charge in [-0.15, -0.1) is 0 Å². The lowest BCUT2D eigenvalue weighted by Crippen LogP contribution is -2.28. The number of halogens is 3. The maximum Gasteiger partial charge on any atom is 0.524 e. The third-order valence-corrected chi connectivity index (χ3v) is 13.7. The lowest BCUT2D eigenvalue weighted by atomic mass is 9.98. The average Bonchev–Trinajstić information content (AvgIpc) is 3.19. The van der Waals surface area contributed by atoms with Gasteiger partial charge in [0.05, 0.1) is 0 Å². The molecule has 322 valence electrons. The van der Waals surface area contributed by atoms with Crippen LogP contribution in [0.3, 0.4) is 0 Å². The monoisotopic (exact) mass is 878 g/mol. The van der Waals surface area contributed by atoms with Crippen molar-refractivity contribution in [1.29, 1.82) is 0 Å². The number of benzene rings is 6. The fraction of sp³-hybridized carbons (Fsp3) is 0.261. The molecule has 0 bridgehead atoms. The van der Waals surface area contributed by atoms with Gasteiger partial charge in [0.25, 0.3) is 0 Å². The Balaban J connectivity index is 1.39. The molecule has 0 atom stereocenters. The standard InChI is InChI=1S/C46H45F3O10S2/c1-44(2,3)57-42(50)29-55-34-17-23-37(24-18-34)60(59-61(52,53)46(47,48)49,38-25-19-35(20-26-38)56-30-43(51)58-45(4,5)6)36-21-15-33(16-22-36)54-28-32-27-31-11-7-8-12-39(31)41-14-10-9-13-40(32)41/h7-27H,28-30H2,1-6H3. The van der Waals surface area contributed by atoms with E-state index >= 15 is 0 Å². The zero-order valence-electron chi connectivity index (χ0n) is 34.3.